The quantitative estimate of drug-likeness (QED) is 0.790. The van der Waals surface area contributed by atoms with E-state index in [-0.39, 0.29) is 11.4 Å². The van der Waals surface area contributed by atoms with Crippen molar-refractivity contribution < 1.29 is 4.79 Å². The van der Waals surface area contributed by atoms with Crippen LogP contribution in [0.4, 0.5) is 11.6 Å². The van der Waals surface area contributed by atoms with E-state index in [2.05, 4.69) is 24.9 Å². The molecule has 25 heavy (non-hydrogen) atoms. The Kier molecular flexibility index (Phi) is 3.72. The lowest BCUT2D eigenvalue weighted by Crippen LogP contribution is -2.64. The van der Waals surface area contributed by atoms with Crippen LogP contribution in [-0.2, 0) is 11.8 Å². The van der Waals surface area contributed by atoms with Crippen molar-refractivity contribution in [3.8, 4) is 0 Å². The van der Waals surface area contributed by atoms with Crippen molar-refractivity contribution in [2.24, 2.45) is 7.05 Å². The van der Waals surface area contributed by atoms with Crippen LogP contribution in [0.3, 0.4) is 0 Å². The number of piperazine rings is 1. The molecule has 2 saturated heterocycles. The molecule has 0 bridgehead atoms. The Hall–Kier alpha value is -2.48. The van der Waals surface area contributed by atoms with Gasteiger partial charge in [0.15, 0.2) is 0 Å². The van der Waals surface area contributed by atoms with Gasteiger partial charge in [0.05, 0.1) is 24.0 Å². The Bertz CT molecular complexity index is 787. The molecular formula is C17H23N7O. The molecule has 8 heteroatoms. The number of carbonyl (C=O) groups is 1. The molecule has 1 spiro atoms. The average Bonchev–Trinajstić information content (AvgIpc) is 3.20. The number of carbonyl (C=O) groups excluding carboxylic acids is 1. The van der Waals surface area contributed by atoms with Crippen LogP contribution in [0.25, 0.3) is 0 Å². The van der Waals surface area contributed by atoms with Gasteiger partial charge in [-0.15, -0.1) is 0 Å². The second-order valence-electron chi connectivity index (χ2n) is 7.16. The fourth-order valence-electron chi connectivity index (χ4n) is 3.76. The maximum absolute atomic E-state index is 12.6. The van der Waals surface area contributed by atoms with Gasteiger partial charge in [0, 0.05) is 45.3 Å². The van der Waals surface area contributed by atoms with E-state index in [9.17, 15) is 4.79 Å². The predicted octanol–water partition coefficient (Wildman–Crippen LogP) is 0.446. The molecule has 4 rings (SSSR count). The number of anilines is 2. The minimum atomic E-state index is -0.0853. The summed E-state index contributed by atoms with van der Waals surface area (Å²) in [5.41, 5.74) is 1.84. The number of likely N-dealkylation sites (N-methyl/N-ethyl adjacent to an activating group) is 1. The summed E-state index contributed by atoms with van der Waals surface area (Å²) in [6, 6.07) is 0. The van der Waals surface area contributed by atoms with Gasteiger partial charge in [-0.25, -0.2) is 9.97 Å². The van der Waals surface area contributed by atoms with Gasteiger partial charge < -0.3 is 9.80 Å². The molecule has 2 aliphatic rings. The summed E-state index contributed by atoms with van der Waals surface area (Å²) in [4.78, 5) is 27.7. The SMILES string of the molecule is Cc1cnc(N2CCC3(C2)CN(c2cnn(C)c2)C(=O)CN3C)nc1. The van der Waals surface area contributed by atoms with Gasteiger partial charge >= 0.3 is 0 Å². The molecular weight excluding hydrogens is 318 g/mol. The first-order valence-corrected chi connectivity index (χ1v) is 8.51. The van der Waals surface area contributed by atoms with Crippen LogP contribution >= 0.6 is 0 Å². The van der Waals surface area contributed by atoms with Crippen molar-refractivity contribution >= 4 is 17.5 Å². The first-order chi connectivity index (χ1) is 12.0. The summed E-state index contributed by atoms with van der Waals surface area (Å²) in [5, 5.41) is 4.21. The van der Waals surface area contributed by atoms with Gasteiger partial charge in [-0.2, -0.15) is 5.10 Å². The molecule has 2 aliphatic heterocycles. The smallest absolute Gasteiger partial charge is 0.241 e. The molecule has 8 nitrogen and oxygen atoms in total. The molecule has 0 aliphatic carbocycles. The number of hydrogen-bond donors (Lipinski definition) is 0. The van der Waals surface area contributed by atoms with Crippen molar-refractivity contribution in [1.82, 2.24) is 24.6 Å². The van der Waals surface area contributed by atoms with E-state index in [0.29, 0.717) is 13.1 Å². The van der Waals surface area contributed by atoms with Crippen LogP contribution in [0.2, 0.25) is 0 Å². The van der Waals surface area contributed by atoms with Crippen molar-refractivity contribution in [2.75, 3.05) is 43.0 Å². The first kappa shape index (κ1) is 16.0. The molecule has 0 aromatic carbocycles. The lowest BCUT2D eigenvalue weighted by molar-refractivity contribution is -0.123. The van der Waals surface area contributed by atoms with Gasteiger partial charge in [-0.1, -0.05) is 0 Å². The molecule has 132 valence electrons. The topological polar surface area (TPSA) is 70.4 Å². The van der Waals surface area contributed by atoms with Crippen LogP contribution in [0.1, 0.15) is 12.0 Å². The number of rotatable bonds is 2. The zero-order valence-corrected chi connectivity index (χ0v) is 14.9. The highest BCUT2D eigenvalue weighted by Crippen LogP contribution is 2.34. The largest absolute Gasteiger partial charge is 0.339 e. The third-order valence-electron chi connectivity index (χ3n) is 5.32. The highest BCUT2D eigenvalue weighted by atomic mass is 16.2. The molecule has 2 aromatic heterocycles. The Morgan fingerprint density at radius 3 is 2.56 bits per heavy atom. The summed E-state index contributed by atoms with van der Waals surface area (Å²) in [6.45, 7) is 4.77. The minimum Gasteiger partial charge on any atom is -0.339 e. The lowest BCUT2D eigenvalue weighted by atomic mass is 9.93. The van der Waals surface area contributed by atoms with Crippen molar-refractivity contribution in [3.63, 3.8) is 0 Å². The minimum absolute atomic E-state index is 0.0853. The molecule has 1 amide bonds. The maximum Gasteiger partial charge on any atom is 0.241 e. The van der Waals surface area contributed by atoms with Crippen molar-refractivity contribution in [2.45, 2.75) is 18.9 Å². The van der Waals surface area contributed by atoms with Gasteiger partial charge in [0.1, 0.15) is 0 Å². The van der Waals surface area contributed by atoms with E-state index in [0.717, 1.165) is 36.7 Å². The standard InChI is InChI=1S/C17H23N7O/c1-13-6-18-16(19-7-13)23-5-4-17(11-23)12-24(15(25)10-21(17)2)14-8-20-22(3)9-14/h6-9H,4-5,10-12H2,1-3H3. The third kappa shape index (κ3) is 2.76. The maximum atomic E-state index is 12.6. The molecule has 0 saturated carbocycles. The summed E-state index contributed by atoms with van der Waals surface area (Å²) in [5.74, 6) is 0.881. The Morgan fingerprint density at radius 2 is 1.88 bits per heavy atom. The lowest BCUT2D eigenvalue weighted by Gasteiger charge is -2.46. The zero-order valence-electron chi connectivity index (χ0n) is 14.9. The van der Waals surface area contributed by atoms with E-state index in [1.807, 2.05) is 44.5 Å². The summed E-state index contributed by atoms with van der Waals surface area (Å²) in [7, 11) is 3.91. The van der Waals surface area contributed by atoms with E-state index in [4.69, 9.17) is 0 Å². The summed E-state index contributed by atoms with van der Waals surface area (Å²) in [6.07, 6.45) is 8.33. The highest BCUT2D eigenvalue weighted by molar-refractivity contribution is 5.95. The molecule has 2 aromatic rings. The van der Waals surface area contributed by atoms with E-state index >= 15 is 0 Å². The third-order valence-corrected chi connectivity index (χ3v) is 5.32. The highest BCUT2D eigenvalue weighted by Gasteiger charge is 2.48. The molecule has 0 radical (unpaired) electrons. The number of aryl methyl sites for hydroxylation is 2. The van der Waals surface area contributed by atoms with Crippen molar-refractivity contribution in [1.29, 1.82) is 0 Å². The molecule has 0 N–H and O–H groups in total. The fourth-order valence-corrected chi connectivity index (χ4v) is 3.76. The van der Waals surface area contributed by atoms with E-state index < -0.39 is 0 Å². The van der Waals surface area contributed by atoms with Gasteiger partial charge in [0.2, 0.25) is 11.9 Å². The van der Waals surface area contributed by atoms with Gasteiger partial charge in [-0.05, 0) is 26.0 Å². The molecule has 2 fully saturated rings. The summed E-state index contributed by atoms with van der Waals surface area (Å²) >= 11 is 0. The van der Waals surface area contributed by atoms with Crippen LogP contribution in [0.5, 0.6) is 0 Å². The average molecular weight is 341 g/mol. The first-order valence-electron chi connectivity index (χ1n) is 8.51. The zero-order chi connectivity index (χ0) is 17.6. The van der Waals surface area contributed by atoms with E-state index in [1.54, 1.807) is 10.9 Å². The Labute approximate surface area is 147 Å². The van der Waals surface area contributed by atoms with Crippen molar-refractivity contribution in [3.05, 3.63) is 30.4 Å². The van der Waals surface area contributed by atoms with E-state index in [1.165, 1.54) is 0 Å². The molecule has 1 unspecified atom stereocenters. The fraction of sp³-hybridized carbons (Fsp3) is 0.529. The number of aromatic nitrogens is 4. The Balaban J connectivity index is 1.58. The van der Waals surface area contributed by atoms with Crippen LogP contribution in [0.15, 0.2) is 24.8 Å². The van der Waals surface area contributed by atoms with Gasteiger partial charge in [0.25, 0.3) is 0 Å². The summed E-state index contributed by atoms with van der Waals surface area (Å²) < 4.78 is 1.73. The van der Waals surface area contributed by atoms with Crippen LogP contribution in [0, 0.1) is 6.92 Å². The van der Waals surface area contributed by atoms with Crippen LogP contribution in [-0.4, -0.2) is 69.3 Å². The van der Waals surface area contributed by atoms with Gasteiger partial charge in [-0.3, -0.25) is 14.4 Å². The normalized spacial score (nSPS) is 24.5. The number of amides is 1. The second-order valence-corrected chi connectivity index (χ2v) is 7.16. The molecule has 1 atom stereocenters. The second kappa shape index (κ2) is 5.80. The monoisotopic (exact) mass is 341 g/mol. The molecule has 4 heterocycles. The van der Waals surface area contributed by atoms with Crippen LogP contribution < -0.4 is 9.80 Å². The predicted molar refractivity (Wildman–Crippen MR) is 94.5 cm³/mol. The number of hydrogen-bond acceptors (Lipinski definition) is 6. The number of nitrogens with zero attached hydrogens (tertiary/aromatic N) is 7. The Morgan fingerprint density at radius 1 is 1.12 bits per heavy atom.